The molecule has 0 aliphatic rings. The molecule has 2 rings (SSSR count). The lowest BCUT2D eigenvalue weighted by molar-refractivity contribution is 0.0956. The summed E-state index contributed by atoms with van der Waals surface area (Å²) in [5.41, 5.74) is 2.64. The molecule has 0 aliphatic carbocycles. The number of nitrogens with one attached hydrogen (secondary N) is 3. The predicted octanol–water partition coefficient (Wildman–Crippen LogP) is 2.33. The first-order valence-electron chi connectivity index (χ1n) is 9.66. The quantitative estimate of drug-likeness (QED) is 0.431. The van der Waals surface area contributed by atoms with Crippen molar-refractivity contribution < 1.29 is 19.0 Å². The smallest absolute Gasteiger partial charge is 0.251 e. The van der Waals surface area contributed by atoms with E-state index in [4.69, 9.17) is 14.2 Å². The van der Waals surface area contributed by atoms with Gasteiger partial charge in [0.1, 0.15) is 0 Å². The Bertz CT molecular complexity index is 841. The normalized spacial score (nSPS) is 10.9. The van der Waals surface area contributed by atoms with Crippen molar-refractivity contribution in [1.29, 1.82) is 0 Å². The minimum absolute atomic E-state index is 0.0696. The summed E-state index contributed by atoms with van der Waals surface area (Å²) in [6, 6.07) is 11.2. The van der Waals surface area contributed by atoms with Crippen LogP contribution in [0.3, 0.4) is 0 Å². The van der Waals surface area contributed by atoms with Crippen LogP contribution in [0, 0.1) is 0 Å². The number of rotatable bonds is 9. The van der Waals surface area contributed by atoms with E-state index in [1.54, 1.807) is 28.4 Å². The van der Waals surface area contributed by atoms with Crippen molar-refractivity contribution in [2.24, 2.45) is 4.99 Å². The summed E-state index contributed by atoms with van der Waals surface area (Å²) in [4.78, 5) is 16.1. The highest BCUT2D eigenvalue weighted by Crippen LogP contribution is 2.38. The largest absolute Gasteiger partial charge is 0.493 e. The lowest BCUT2D eigenvalue weighted by Gasteiger charge is -2.16. The third kappa shape index (κ3) is 6.04. The van der Waals surface area contributed by atoms with Crippen molar-refractivity contribution in [2.75, 3.05) is 34.9 Å². The van der Waals surface area contributed by atoms with E-state index < -0.39 is 0 Å². The first-order valence-corrected chi connectivity index (χ1v) is 9.66. The van der Waals surface area contributed by atoms with Crippen LogP contribution in [-0.2, 0) is 13.1 Å². The molecule has 2 aromatic carbocycles. The van der Waals surface area contributed by atoms with Gasteiger partial charge < -0.3 is 30.2 Å². The standard InChI is InChI=1S/C22H30N4O4/c1-6-24-21(27)17-9-7-15(8-10-17)13-25-22(23-2)26-14-16-11-18(28-3)20(30-5)19(12-16)29-4/h7-12H,6,13-14H2,1-5H3,(H,24,27)(H2,23,25,26). The number of aliphatic imine (C=N–C) groups is 1. The Morgan fingerprint density at radius 2 is 1.43 bits per heavy atom. The van der Waals surface area contributed by atoms with Gasteiger partial charge >= 0.3 is 0 Å². The summed E-state index contributed by atoms with van der Waals surface area (Å²) < 4.78 is 16.1. The van der Waals surface area contributed by atoms with E-state index in [0.29, 0.717) is 48.4 Å². The van der Waals surface area contributed by atoms with Crippen molar-refractivity contribution in [3.8, 4) is 17.2 Å². The van der Waals surface area contributed by atoms with E-state index in [1.807, 2.05) is 43.3 Å². The van der Waals surface area contributed by atoms with Crippen molar-refractivity contribution in [3.05, 3.63) is 53.1 Å². The number of hydrogen-bond acceptors (Lipinski definition) is 5. The highest BCUT2D eigenvalue weighted by molar-refractivity contribution is 5.94. The van der Waals surface area contributed by atoms with Crippen LogP contribution >= 0.6 is 0 Å². The fourth-order valence-electron chi connectivity index (χ4n) is 2.87. The second-order valence-electron chi connectivity index (χ2n) is 6.37. The molecule has 0 saturated heterocycles. The summed E-state index contributed by atoms with van der Waals surface area (Å²) >= 11 is 0. The van der Waals surface area contributed by atoms with Gasteiger partial charge in [0, 0.05) is 32.2 Å². The molecule has 0 aromatic heterocycles. The summed E-state index contributed by atoms with van der Waals surface area (Å²) in [6.45, 7) is 3.60. The van der Waals surface area contributed by atoms with E-state index >= 15 is 0 Å². The molecule has 2 aromatic rings. The van der Waals surface area contributed by atoms with Crippen molar-refractivity contribution in [1.82, 2.24) is 16.0 Å². The van der Waals surface area contributed by atoms with E-state index in [0.717, 1.165) is 11.1 Å². The van der Waals surface area contributed by atoms with Gasteiger partial charge in [-0.2, -0.15) is 0 Å². The molecule has 8 nitrogen and oxygen atoms in total. The highest BCUT2D eigenvalue weighted by Gasteiger charge is 2.13. The molecule has 30 heavy (non-hydrogen) atoms. The fourth-order valence-corrected chi connectivity index (χ4v) is 2.87. The maximum absolute atomic E-state index is 11.8. The number of ether oxygens (including phenoxy) is 3. The molecule has 162 valence electrons. The number of benzene rings is 2. The van der Waals surface area contributed by atoms with Gasteiger partial charge in [0.25, 0.3) is 5.91 Å². The molecule has 0 radical (unpaired) electrons. The van der Waals surface area contributed by atoms with Gasteiger partial charge in [0.2, 0.25) is 5.75 Å². The van der Waals surface area contributed by atoms with Crippen molar-refractivity contribution >= 4 is 11.9 Å². The maximum atomic E-state index is 11.8. The second kappa shape index (κ2) is 11.5. The molecule has 0 atom stereocenters. The number of hydrogen-bond donors (Lipinski definition) is 3. The SMILES string of the molecule is CCNC(=O)c1ccc(CNC(=NC)NCc2cc(OC)c(OC)c(OC)c2)cc1. The molecule has 0 fully saturated rings. The average Bonchev–Trinajstić information content (AvgIpc) is 2.78. The number of carbonyl (C=O) groups excluding carboxylic acids is 1. The first kappa shape index (κ1) is 22.9. The van der Waals surface area contributed by atoms with Gasteiger partial charge in [-0.15, -0.1) is 0 Å². The Labute approximate surface area is 177 Å². The van der Waals surface area contributed by atoms with Crippen molar-refractivity contribution in [3.63, 3.8) is 0 Å². The average molecular weight is 415 g/mol. The number of methoxy groups -OCH3 is 3. The third-order valence-electron chi connectivity index (χ3n) is 4.42. The molecule has 0 heterocycles. The van der Waals surface area contributed by atoms with Crippen LogP contribution in [0.4, 0.5) is 0 Å². The van der Waals surface area contributed by atoms with Crippen LogP contribution in [0.5, 0.6) is 17.2 Å². The number of amides is 1. The number of nitrogens with zero attached hydrogens (tertiary/aromatic N) is 1. The van der Waals surface area contributed by atoms with E-state index in [9.17, 15) is 4.79 Å². The zero-order valence-electron chi connectivity index (χ0n) is 18.2. The zero-order chi connectivity index (χ0) is 21.9. The van der Waals surface area contributed by atoms with Gasteiger partial charge in [-0.05, 0) is 42.3 Å². The molecule has 8 heteroatoms. The molecule has 3 N–H and O–H groups in total. The topological polar surface area (TPSA) is 93.2 Å². The van der Waals surface area contributed by atoms with E-state index in [1.165, 1.54) is 0 Å². The molecule has 0 saturated carbocycles. The lowest BCUT2D eigenvalue weighted by atomic mass is 10.1. The van der Waals surface area contributed by atoms with Gasteiger partial charge in [0.05, 0.1) is 21.3 Å². The zero-order valence-corrected chi connectivity index (χ0v) is 18.2. The third-order valence-corrected chi connectivity index (χ3v) is 4.42. The molecular formula is C22H30N4O4. The van der Waals surface area contributed by atoms with Gasteiger partial charge in [-0.3, -0.25) is 9.79 Å². The van der Waals surface area contributed by atoms with Crippen LogP contribution in [0.15, 0.2) is 41.4 Å². The lowest BCUT2D eigenvalue weighted by Crippen LogP contribution is -2.36. The maximum Gasteiger partial charge on any atom is 0.251 e. The summed E-state index contributed by atoms with van der Waals surface area (Å²) in [7, 11) is 6.47. The fraction of sp³-hybridized carbons (Fsp3) is 0.364. The predicted molar refractivity (Wildman–Crippen MR) is 118 cm³/mol. The van der Waals surface area contributed by atoms with Crippen LogP contribution in [0.2, 0.25) is 0 Å². The van der Waals surface area contributed by atoms with Crippen LogP contribution < -0.4 is 30.2 Å². The van der Waals surface area contributed by atoms with E-state index in [-0.39, 0.29) is 5.91 Å². The van der Waals surface area contributed by atoms with Crippen LogP contribution in [0.25, 0.3) is 0 Å². The molecule has 0 aliphatic heterocycles. The molecule has 1 amide bonds. The van der Waals surface area contributed by atoms with Crippen LogP contribution in [0.1, 0.15) is 28.4 Å². The molecular weight excluding hydrogens is 384 g/mol. The highest BCUT2D eigenvalue weighted by atomic mass is 16.5. The molecule has 0 unspecified atom stereocenters. The summed E-state index contributed by atoms with van der Waals surface area (Å²) in [6.07, 6.45) is 0. The Morgan fingerprint density at radius 3 is 1.90 bits per heavy atom. The van der Waals surface area contributed by atoms with Crippen molar-refractivity contribution in [2.45, 2.75) is 20.0 Å². The summed E-state index contributed by atoms with van der Waals surface area (Å²) in [5, 5.41) is 9.31. The Hall–Kier alpha value is -3.42. The second-order valence-corrected chi connectivity index (χ2v) is 6.37. The molecule has 0 bridgehead atoms. The van der Waals surface area contributed by atoms with Crippen LogP contribution in [-0.4, -0.2) is 46.8 Å². The summed E-state index contributed by atoms with van der Waals surface area (Å²) in [5.74, 6) is 2.34. The van der Waals surface area contributed by atoms with Gasteiger partial charge in [-0.25, -0.2) is 0 Å². The molecule has 0 spiro atoms. The van der Waals surface area contributed by atoms with Gasteiger partial charge in [0.15, 0.2) is 17.5 Å². The Kier molecular flexibility index (Phi) is 8.80. The minimum Gasteiger partial charge on any atom is -0.493 e. The Balaban J connectivity index is 1.96. The van der Waals surface area contributed by atoms with E-state index in [2.05, 4.69) is 20.9 Å². The first-order chi connectivity index (χ1) is 14.6. The number of carbonyl (C=O) groups is 1. The minimum atomic E-state index is -0.0696. The monoisotopic (exact) mass is 414 g/mol. The van der Waals surface area contributed by atoms with Gasteiger partial charge in [-0.1, -0.05) is 12.1 Å². The number of guanidine groups is 1. The Morgan fingerprint density at radius 1 is 0.867 bits per heavy atom.